The second-order valence-corrected chi connectivity index (χ2v) is 29.8. The van der Waals surface area contributed by atoms with E-state index in [9.17, 15) is 0 Å². The molecule has 3 heterocycles. The van der Waals surface area contributed by atoms with Gasteiger partial charge in [-0.3, -0.25) is 4.98 Å². The second kappa shape index (κ2) is 19.5. The smallest absolute Gasteiger partial charge is 0.121 e. The predicted molar refractivity (Wildman–Crippen MR) is 270 cm³/mol. The van der Waals surface area contributed by atoms with Crippen LogP contribution < -0.4 is 4.40 Å². The summed E-state index contributed by atoms with van der Waals surface area (Å²) in [7, 11) is 0. The summed E-state index contributed by atoms with van der Waals surface area (Å²) in [6.45, 7) is 17.9. The third-order valence-electron chi connectivity index (χ3n) is 12.1. The van der Waals surface area contributed by atoms with Crippen molar-refractivity contribution in [1.29, 1.82) is 5.26 Å². The Morgan fingerprint density at radius 1 is 0.769 bits per heavy atom. The number of hydrogen-bond acceptors (Lipinski definition) is 4. The van der Waals surface area contributed by atoms with Crippen molar-refractivity contribution in [2.45, 2.75) is 90.9 Å². The first-order chi connectivity index (χ1) is 30.6. The average molecular weight is 1090 g/mol. The zero-order valence-corrected chi connectivity index (χ0v) is 44.0. The number of aromatic nitrogens is 3. The van der Waals surface area contributed by atoms with E-state index in [1.165, 1.54) is 43.5 Å². The number of furan rings is 1. The largest absolute Gasteiger partial charge is 0.501 e. The molecule has 0 fully saturated rings. The number of benzene rings is 6. The van der Waals surface area contributed by atoms with Crippen molar-refractivity contribution in [3.8, 4) is 45.5 Å². The molecule has 331 valence electrons. The molecule has 5 nitrogen and oxygen atoms in total. The number of para-hydroxylation sites is 2. The summed E-state index contributed by atoms with van der Waals surface area (Å²) in [5, 5.41) is 11.1. The Morgan fingerprint density at radius 3 is 2.09 bits per heavy atom. The third kappa shape index (κ3) is 9.71. The van der Waals surface area contributed by atoms with Crippen LogP contribution in [-0.4, -0.2) is 27.8 Å². The number of fused-ring (bicyclic) bond motifs is 4. The van der Waals surface area contributed by atoms with Crippen LogP contribution in [0.3, 0.4) is 0 Å². The summed E-state index contributed by atoms with van der Waals surface area (Å²) >= 11 is -1.92. The van der Waals surface area contributed by atoms with Gasteiger partial charge in [0.15, 0.2) is 0 Å². The number of pyridine rings is 1. The van der Waals surface area contributed by atoms with Crippen LogP contribution in [0.5, 0.6) is 0 Å². The molecule has 0 bridgehead atoms. The summed E-state index contributed by atoms with van der Waals surface area (Å²) in [5.41, 5.74) is 17.2. The van der Waals surface area contributed by atoms with Crippen molar-refractivity contribution in [3.05, 3.63) is 167 Å². The van der Waals surface area contributed by atoms with Crippen LogP contribution in [0.25, 0.3) is 72.4 Å². The molecule has 0 aliphatic heterocycles. The summed E-state index contributed by atoms with van der Waals surface area (Å²) in [6, 6.07) is 49.0. The molecular formula is C58H58GeIrN4O-2. The Kier molecular flexibility index (Phi) is 14.2. The number of imidazole rings is 1. The SMILES string of the molecule is CC(C)Cc1cc(-c2[c-]cc(C#N)cc2)nc[c]1[Ge]([CH3])([CH3])[CH3].Cc1ccc2c(c1)oc1c(-c3nc4ccccc4n3-c3c(C(C)C)cc(-c4ccccc4)cc3C(C)C)[c-]cc(C)c12.[Ir]. The van der Waals surface area contributed by atoms with Crippen molar-refractivity contribution in [2.75, 3.05) is 0 Å². The van der Waals surface area contributed by atoms with Crippen LogP contribution in [0.1, 0.15) is 86.8 Å². The molecule has 7 heteroatoms. The normalized spacial score (nSPS) is 11.6. The Hall–Kier alpha value is -5.58. The number of rotatable bonds is 9. The van der Waals surface area contributed by atoms with Gasteiger partial charge in [0.25, 0.3) is 0 Å². The Morgan fingerprint density at radius 2 is 1.46 bits per heavy atom. The zero-order valence-electron chi connectivity index (χ0n) is 39.5. The predicted octanol–water partition coefficient (Wildman–Crippen LogP) is 15.1. The maximum absolute atomic E-state index is 8.89. The van der Waals surface area contributed by atoms with Gasteiger partial charge in [-0.1, -0.05) is 100 Å². The van der Waals surface area contributed by atoms with Crippen LogP contribution >= 0.6 is 0 Å². The van der Waals surface area contributed by atoms with E-state index in [0.717, 1.165) is 67.6 Å². The topological polar surface area (TPSA) is 67.6 Å². The van der Waals surface area contributed by atoms with Gasteiger partial charge in [0.1, 0.15) is 5.58 Å². The quantitative estimate of drug-likeness (QED) is 0.107. The molecule has 1 radical (unpaired) electrons. The van der Waals surface area contributed by atoms with E-state index >= 15 is 0 Å². The summed E-state index contributed by atoms with van der Waals surface area (Å²) < 4.78 is 10.5. The molecule has 9 aromatic rings. The van der Waals surface area contributed by atoms with Gasteiger partial charge in [-0.15, -0.1) is 17.7 Å². The minimum Gasteiger partial charge on any atom is -0.501 e. The number of nitriles is 1. The van der Waals surface area contributed by atoms with Crippen molar-refractivity contribution >= 4 is 50.6 Å². The molecule has 3 aromatic heterocycles. The molecule has 0 N–H and O–H groups in total. The molecule has 0 unspecified atom stereocenters. The summed E-state index contributed by atoms with van der Waals surface area (Å²) in [4.78, 5) is 9.95. The van der Waals surface area contributed by atoms with Gasteiger partial charge in [-0.2, -0.15) is 0 Å². The minimum absolute atomic E-state index is 0. The van der Waals surface area contributed by atoms with Crippen LogP contribution in [0.15, 0.2) is 126 Å². The zero-order chi connectivity index (χ0) is 45.4. The Balaban J connectivity index is 0.000000233. The molecule has 6 aromatic carbocycles. The first-order valence-corrected chi connectivity index (χ1v) is 29.9. The van der Waals surface area contributed by atoms with Crippen LogP contribution in [-0.2, 0) is 26.5 Å². The Labute approximate surface area is 401 Å². The van der Waals surface area contributed by atoms with E-state index in [-0.39, 0.29) is 20.1 Å². The van der Waals surface area contributed by atoms with Gasteiger partial charge in [0.05, 0.1) is 22.4 Å². The first-order valence-electron chi connectivity index (χ1n) is 22.6. The standard InChI is InChI=1S/C39H35N2O.C19H23GeN2.Ir/c1-23(2)31-21-28(27-12-8-7-9-13-27)22-32(24(3)4)37(31)41-34-15-11-10-14-33(34)40-39(41)30-19-17-26(6)36-29-18-16-25(5)20-35(29)42-38(30)36;1-14(2)10-17-11-19(22-13-18(17)20(3,4)5)16-8-6-15(12-21)7-9-16;/h7-18,20-24H,1-6H3;6-8,11,13-14H,10H2,1-5H3;/q2*-1;. The van der Waals surface area contributed by atoms with Gasteiger partial charge >= 0.3 is 136 Å². The fourth-order valence-corrected chi connectivity index (χ4v) is 12.2. The molecule has 0 spiro atoms. The molecule has 0 amide bonds. The third-order valence-corrected chi connectivity index (χ3v) is 16.4. The summed E-state index contributed by atoms with van der Waals surface area (Å²) in [6.07, 6.45) is 3.17. The van der Waals surface area contributed by atoms with Crippen molar-refractivity contribution in [3.63, 3.8) is 0 Å². The van der Waals surface area contributed by atoms with Crippen LogP contribution in [0.4, 0.5) is 0 Å². The van der Waals surface area contributed by atoms with Crippen LogP contribution in [0, 0.1) is 43.2 Å². The molecular weight excluding hydrogens is 1030 g/mol. The van der Waals surface area contributed by atoms with Gasteiger partial charge in [-0.25, -0.2) is 0 Å². The average Bonchev–Trinajstić information content (AvgIpc) is 3.85. The molecule has 0 aliphatic carbocycles. The second-order valence-electron chi connectivity index (χ2n) is 19.3. The van der Waals surface area contributed by atoms with Gasteiger partial charge in [0.2, 0.25) is 0 Å². The van der Waals surface area contributed by atoms with Crippen molar-refractivity contribution < 1.29 is 24.5 Å². The van der Waals surface area contributed by atoms with E-state index in [4.69, 9.17) is 14.7 Å². The maximum Gasteiger partial charge on any atom is 0.121 e. The molecule has 9 rings (SSSR count). The van der Waals surface area contributed by atoms with Crippen LogP contribution in [0.2, 0.25) is 17.3 Å². The first kappa shape index (κ1) is 47.4. The van der Waals surface area contributed by atoms with E-state index in [2.05, 4.69) is 204 Å². The minimum atomic E-state index is -1.92. The summed E-state index contributed by atoms with van der Waals surface area (Å²) in [5.74, 6) is 9.31. The van der Waals surface area contributed by atoms with Gasteiger partial charge in [0, 0.05) is 31.2 Å². The molecule has 0 aliphatic rings. The molecule has 0 saturated carbocycles. The van der Waals surface area contributed by atoms with E-state index in [1.807, 2.05) is 12.1 Å². The molecule has 65 heavy (non-hydrogen) atoms. The van der Waals surface area contributed by atoms with Crippen molar-refractivity contribution in [2.24, 2.45) is 5.92 Å². The van der Waals surface area contributed by atoms with E-state index in [0.29, 0.717) is 23.3 Å². The molecule has 0 saturated heterocycles. The van der Waals surface area contributed by atoms with Gasteiger partial charge in [-0.05, 0) is 76.9 Å². The van der Waals surface area contributed by atoms with E-state index in [1.54, 1.807) is 6.07 Å². The van der Waals surface area contributed by atoms with E-state index < -0.39 is 13.3 Å². The Bertz CT molecular complexity index is 3150. The molecule has 0 atom stereocenters. The van der Waals surface area contributed by atoms with Gasteiger partial charge < -0.3 is 8.98 Å². The number of hydrogen-bond donors (Lipinski definition) is 0. The fourth-order valence-electron chi connectivity index (χ4n) is 8.87. The fraction of sp³-hybridized carbons (Fsp3) is 0.259. The van der Waals surface area contributed by atoms with Crippen molar-refractivity contribution in [1.82, 2.24) is 14.5 Å². The maximum atomic E-state index is 8.89. The number of aryl methyl sites for hydroxylation is 2. The monoisotopic (exact) mass is 1090 g/mol. The number of nitrogens with zero attached hydrogens (tertiary/aromatic N) is 4.